The van der Waals surface area contributed by atoms with Gasteiger partial charge in [-0.2, -0.15) is 10.1 Å². The minimum absolute atomic E-state index is 0.0736. The van der Waals surface area contributed by atoms with E-state index in [9.17, 15) is 5.11 Å². The predicted octanol–water partition coefficient (Wildman–Crippen LogP) is 4.10. The Hall–Kier alpha value is -3.24. The van der Waals surface area contributed by atoms with Crippen LogP contribution in [-0.2, 0) is 6.54 Å². The molecule has 1 spiro atoms. The van der Waals surface area contributed by atoms with E-state index in [2.05, 4.69) is 58.2 Å². The van der Waals surface area contributed by atoms with Gasteiger partial charge in [0.2, 0.25) is 5.95 Å². The Labute approximate surface area is 230 Å². The van der Waals surface area contributed by atoms with E-state index in [0.717, 1.165) is 41.8 Å². The minimum Gasteiger partial charge on any atom is -0.495 e. The number of methoxy groups -OCH3 is 1. The number of aromatic nitrogens is 5. The van der Waals surface area contributed by atoms with Crippen LogP contribution < -0.4 is 15.8 Å². The number of aliphatic hydroxyl groups excluding tert-OH is 1. The van der Waals surface area contributed by atoms with Crippen LogP contribution >= 0.6 is 0 Å². The van der Waals surface area contributed by atoms with Crippen molar-refractivity contribution in [1.82, 2.24) is 29.6 Å². The lowest BCUT2D eigenvalue weighted by atomic mass is 9.64. The molecule has 3 aromatic rings. The van der Waals surface area contributed by atoms with Crippen molar-refractivity contribution in [2.24, 2.45) is 5.41 Å². The van der Waals surface area contributed by atoms with Crippen LogP contribution in [0.2, 0.25) is 0 Å². The molecule has 5 rings (SSSR count). The lowest BCUT2D eigenvalue weighted by Gasteiger charge is -2.47. The number of likely N-dealkylation sites (tertiary alicyclic amines) is 1. The number of hydrogen-bond acceptors (Lipinski definition) is 9. The lowest BCUT2D eigenvalue weighted by molar-refractivity contribution is 0.108. The molecule has 10 nitrogen and oxygen atoms in total. The molecule has 1 aliphatic heterocycles. The number of ether oxygens (including phenoxy) is 1. The maximum atomic E-state index is 9.52. The highest BCUT2D eigenvalue weighted by molar-refractivity contribution is 5.86. The van der Waals surface area contributed by atoms with Gasteiger partial charge in [-0.15, -0.1) is 0 Å². The Kier molecular flexibility index (Phi) is 8.04. The molecule has 1 atom stereocenters. The molecule has 1 saturated heterocycles. The van der Waals surface area contributed by atoms with Crippen molar-refractivity contribution in [3.8, 4) is 5.75 Å². The molecule has 210 valence electrons. The molecule has 4 heterocycles. The van der Waals surface area contributed by atoms with E-state index < -0.39 is 0 Å². The van der Waals surface area contributed by atoms with Gasteiger partial charge in [0.05, 0.1) is 19.9 Å². The Morgan fingerprint density at radius 2 is 1.95 bits per heavy atom. The predicted molar refractivity (Wildman–Crippen MR) is 155 cm³/mol. The zero-order valence-electron chi connectivity index (χ0n) is 23.7. The van der Waals surface area contributed by atoms with Gasteiger partial charge in [-0.05, 0) is 81.7 Å². The maximum Gasteiger partial charge on any atom is 0.222 e. The van der Waals surface area contributed by atoms with E-state index >= 15 is 0 Å². The van der Waals surface area contributed by atoms with E-state index in [1.807, 2.05) is 10.9 Å². The first-order chi connectivity index (χ1) is 18.8. The quantitative estimate of drug-likeness (QED) is 0.333. The summed E-state index contributed by atoms with van der Waals surface area (Å²) in [6.07, 6.45) is 12.2. The normalized spacial score (nSPS) is 17.8. The van der Waals surface area contributed by atoms with Crippen LogP contribution in [0.4, 0.5) is 11.8 Å². The number of pyridine rings is 1. The van der Waals surface area contributed by atoms with E-state index in [1.54, 1.807) is 13.3 Å². The number of rotatable bonds is 11. The average Bonchev–Trinajstić information content (AvgIpc) is 3.30. The number of allylic oxidation sites excluding steroid dienone is 2. The Morgan fingerprint density at radius 1 is 1.18 bits per heavy atom. The molecule has 1 aliphatic carbocycles. The molecule has 1 fully saturated rings. The summed E-state index contributed by atoms with van der Waals surface area (Å²) in [5, 5.41) is 17.6. The SMILES string of the molecule is CCC[C@@H](CCO)Nc1nc(N)nc2cnn(Cc3ncc(C4=CC5(CCN(C(C)C)CC5)C4)cc3OC)c12. The molecule has 0 amide bonds. The summed E-state index contributed by atoms with van der Waals surface area (Å²) in [7, 11) is 1.69. The van der Waals surface area contributed by atoms with E-state index in [-0.39, 0.29) is 18.6 Å². The van der Waals surface area contributed by atoms with Crippen molar-refractivity contribution in [2.45, 2.75) is 77.9 Å². The molecular formula is C29H42N8O2. The number of piperidine rings is 1. The molecule has 0 unspecified atom stereocenters. The lowest BCUT2D eigenvalue weighted by Crippen LogP contribution is -2.44. The van der Waals surface area contributed by atoms with Gasteiger partial charge in [0.15, 0.2) is 5.82 Å². The zero-order chi connectivity index (χ0) is 27.6. The third kappa shape index (κ3) is 5.72. The number of hydrogen-bond donors (Lipinski definition) is 3. The van der Waals surface area contributed by atoms with E-state index in [0.29, 0.717) is 35.8 Å². The molecule has 0 saturated carbocycles. The van der Waals surface area contributed by atoms with E-state index in [4.69, 9.17) is 15.5 Å². The Balaban J connectivity index is 1.37. The summed E-state index contributed by atoms with van der Waals surface area (Å²) in [6.45, 7) is 9.54. The highest BCUT2D eigenvalue weighted by Gasteiger charge is 2.40. The van der Waals surface area contributed by atoms with Crippen LogP contribution in [0.25, 0.3) is 16.6 Å². The highest BCUT2D eigenvalue weighted by atomic mass is 16.5. The number of anilines is 2. The van der Waals surface area contributed by atoms with Crippen LogP contribution in [0.5, 0.6) is 5.75 Å². The number of nitrogen functional groups attached to an aromatic ring is 1. The van der Waals surface area contributed by atoms with Gasteiger partial charge in [0.25, 0.3) is 0 Å². The first kappa shape index (κ1) is 27.3. The summed E-state index contributed by atoms with van der Waals surface area (Å²) in [6, 6.07) is 2.79. The first-order valence-corrected chi connectivity index (χ1v) is 14.2. The number of nitrogens with two attached hydrogens (primary N) is 1. The fourth-order valence-electron chi connectivity index (χ4n) is 6.02. The monoisotopic (exact) mass is 534 g/mol. The van der Waals surface area contributed by atoms with E-state index in [1.165, 1.54) is 31.5 Å². The minimum atomic E-state index is 0.0736. The largest absolute Gasteiger partial charge is 0.495 e. The van der Waals surface area contributed by atoms with Crippen LogP contribution in [-0.4, -0.2) is 73.6 Å². The van der Waals surface area contributed by atoms with Crippen molar-refractivity contribution >= 4 is 28.4 Å². The van der Waals surface area contributed by atoms with Gasteiger partial charge in [0, 0.05) is 24.9 Å². The summed E-state index contributed by atoms with van der Waals surface area (Å²) < 4.78 is 7.63. The molecule has 10 heteroatoms. The summed E-state index contributed by atoms with van der Waals surface area (Å²) >= 11 is 0. The smallest absolute Gasteiger partial charge is 0.222 e. The number of nitrogens with one attached hydrogen (secondary N) is 1. The molecule has 2 aliphatic rings. The fraction of sp³-hybridized carbons (Fsp3) is 0.586. The molecule has 39 heavy (non-hydrogen) atoms. The topological polar surface area (TPSA) is 127 Å². The van der Waals surface area contributed by atoms with Gasteiger partial charge in [-0.3, -0.25) is 9.67 Å². The Morgan fingerprint density at radius 3 is 2.62 bits per heavy atom. The number of nitrogens with zero attached hydrogens (tertiary/aromatic N) is 6. The molecule has 0 aromatic carbocycles. The zero-order valence-corrected chi connectivity index (χ0v) is 23.7. The first-order valence-electron chi connectivity index (χ1n) is 14.2. The second-order valence-corrected chi connectivity index (χ2v) is 11.3. The van der Waals surface area contributed by atoms with Crippen molar-refractivity contribution in [3.63, 3.8) is 0 Å². The third-order valence-corrected chi connectivity index (χ3v) is 8.33. The highest BCUT2D eigenvalue weighted by Crippen LogP contribution is 2.51. The van der Waals surface area contributed by atoms with Gasteiger partial charge in [-0.25, -0.2) is 4.98 Å². The van der Waals surface area contributed by atoms with Gasteiger partial charge in [0.1, 0.15) is 22.5 Å². The van der Waals surface area contributed by atoms with Gasteiger partial charge < -0.3 is 25.8 Å². The van der Waals surface area contributed by atoms with Crippen molar-refractivity contribution in [1.29, 1.82) is 0 Å². The standard InChI is InChI=1S/C29H42N8O2/c1-5-6-22(7-12-38)33-27-26-23(34-28(30)35-27)17-32-37(26)18-24-25(39-4)13-20(16-31-24)21-14-29(15-21)8-10-36(11-9-29)19(2)3/h13-14,16-17,19,22,38H,5-12,15,18H2,1-4H3,(H3,30,33,34,35)/t22-/m0/s1. The number of aliphatic hydroxyl groups is 1. The van der Waals surface area contributed by atoms with Crippen molar-refractivity contribution in [3.05, 3.63) is 35.8 Å². The van der Waals surface area contributed by atoms with Crippen LogP contribution in [0.1, 0.15) is 70.6 Å². The van der Waals surface area contributed by atoms with Crippen LogP contribution in [0.3, 0.4) is 0 Å². The molecular weight excluding hydrogens is 492 g/mol. The molecule has 3 aromatic heterocycles. The summed E-state index contributed by atoms with van der Waals surface area (Å²) in [5.41, 5.74) is 11.0. The second-order valence-electron chi connectivity index (χ2n) is 11.3. The van der Waals surface area contributed by atoms with Crippen LogP contribution in [0, 0.1) is 5.41 Å². The maximum absolute atomic E-state index is 9.52. The second kappa shape index (κ2) is 11.5. The Bertz CT molecular complexity index is 1320. The molecule has 0 radical (unpaired) electrons. The van der Waals surface area contributed by atoms with Crippen molar-refractivity contribution in [2.75, 3.05) is 37.9 Å². The summed E-state index contributed by atoms with van der Waals surface area (Å²) in [4.78, 5) is 16.3. The summed E-state index contributed by atoms with van der Waals surface area (Å²) in [5.74, 6) is 1.54. The van der Waals surface area contributed by atoms with Gasteiger partial charge in [-0.1, -0.05) is 19.4 Å². The molecule has 0 bridgehead atoms. The van der Waals surface area contributed by atoms with Crippen LogP contribution in [0.15, 0.2) is 24.5 Å². The third-order valence-electron chi connectivity index (χ3n) is 8.33. The average molecular weight is 535 g/mol. The number of fused-ring (bicyclic) bond motifs is 1. The fourth-order valence-corrected chi connectivity index (χ4v) is 6.02. The van der Waals surface area contributed by atoms with Crippen molar-refractivity contribution < 1.29 is 9.84 Å². The van der Waals surface area contributed by atoms with Gasteiger partial charge >= 0.3 is 0 Å². The molecule has 4 N–H and O–H groups in total.